The Hall–Kier alpha value is -4.41. The third-order valence-electron chi connectivity index (χ3n) is 6.67. The van der Waals surface area contributed by atoms with Gasteiger partial charge in [-0.3, -0.25) is 14.6 Å². The SMILES string of the molecule is CCNS(=O)(=O)c1ccc(CCC(=O)N(Cc2ccc(F)cc2)C(C(=O)NCc2ccncc2)c2ccccc2)cc1. The lowest BCUT2D eigenvalue weighted by Gasteiger charge is -2.32. The molecule has 218 valence electrons. The summed E-state index contributed by atoms with van der Waals surface area (Å²) >= 11 is 0. The Labute approximate surface area is 245 Å². The van der Waals surface area contributed by atoms with Crippen LogP contribution in [0.2, 0.25) is 0 Å². The number of rotatable bonds is 13. The summed E-state index contributed by atoms with van der Waals surface area (Å²) in [4.78, 5) is 33.2. The van der Waals surface area contributed by atoms with Crippen LogP contribution >= 0.6 is 0 Å². The van der Waals surface area contributed by atoms with Crippen LogP contribution in [0.25, 0.3) is 0 Å². The van der Waals surface area contributed by atoms with Gasteiger partial charge in [0.05, 0.1) is 4.90 Å². The van der Waals surface area contributed by atoms with Gasteiger partial charge in [-0.2, -0.15) is 0 Å². The van der Waals surface area contributed by atoms with Gasteiger partial charge < -0.3 is 10.2 Å². The van der Waals surface area contributed by atoms with Gasteiger partial charge in [-0.05, 0) is 65.1 Å². The maximum Gasteiger partial charge on any atom is 0.247 e. The van der Waals surface area contributed by atoms with E-state index in [1.807, 2.05) is 18.2 Å². The van der Waals surface area contributed by atoms with Gasteiger partial charge in [-0.15, -0.1) is 0 Å². The van der Waals surface area contributed by atoms with E-state index in [2.05, 4.69) is 15.0 Å². The molecule has 2 N–H and O–H groups in total. The van der Waals surface area contributed by atoms with Crippen molar-refractivity contribution in [1.82, 2.24) is 19.9 Å². The summed E-state index contributed by atoms with van der Waals surface area (Å²) < 4.78 is 40.7. The quantitative estimate of drug-likeness (QED) is 0.239. The van der Waals surface area contributed by atoms with Crippen molar-refractivity contribution in [3.8, 4) is 0 Å². The lowest BCUT2D eigenvalue weighted by molar-refractivity contribution is -0.141. The second-order valence-corrected chi connectivity index (χ2v) is 11.4. The molecular formula is C32H33FN4O4S. The maximum atomic E-state index is 13.9. The number of pyridine rings is 1. The van der Waals surface area contributed by atoms with Crippen LogP contribution in [-0.4, -0.2) is 36.7 Å². The van der Waals surface area contributed by atoms with Gasteiger partial charge in [0.2, 0.25) is 21.8 Å². The monoisotopic (exact) mass is 588 g/mol. The van der Waals surface area contributed by atoms with Gasteiger partial charge in [0.1, 0.15) is 11.9 Å². The second kappa shape index (κ2) is 14.5. The van der Waals surface area contributed by atoms with Crippen LogP contribution in [0.15, 0.2) is 108 Å². The van der Waals surface area contributed by atoms with E-state index in [4.69, 9.17) is 0 Å². The van der Waals surface area contributed by atoms with Gasteiger partial charge in [-0.25, -0.2) is 17.5 Å². The topological polar surface area (TPSA) is 108 Å². The van der Waals surface area contributed by atoms with Crippen molar-refractivity contribution >= 4 is 21.8 Å². The summed E-state index contributed by atoms with van der Waals surface area (Å²) in [5, 5.41) is 2.95. The number of sulfonamides is 1. The van der Waals surface area contributed by atoms with Gasteiger partial charge in [0.15, 0.2) is 0 Å². The van der Waals surface area contributed by atoms with Crippen LogP contribution in [0.5, 0.6) is 0 Å². The predicted molar refractivity (Wildman–Crippen MR) is 158 cm³/mol. The van der Waals surface area contributed by atoms with E-state index in [9.17, 15) is 22.4 Å². The van der Waals surface area contributed by atoms with Gasteiger partial charge in [-0.1, -0.05) is 61.5 Å². The third-order valence-corrected chi connectivity index (χ3v) is 8.23. The molecule has 1 aromatic heterocycles. The zero-order valence-corrected chi connectivity index (χ0v) is 24.1. The summed E-state index contributed by atoms with van der Waals surface area (Å²) in [7, 11) is -3.59. The van der Waals surface area contributed by atoms with E-state index >= 15 is 0 Å². The van der Waals surface area contributed by atoms with E-state index in [-0.39, 0.29) is 42.8 Å². The van der Waals surface area contributed by atoms with E-state index in [1.54, 1.807) is 67.8 Å². The van der Waals surface area contributed by atoms with Crippen molar-refractivity contribution in [3.63, 3.8) is 0 Å². The minimum Gasteiger partial charge on any atom is -0.350 e. The van der Waals surface area contributed by atoms with Gasteiger partial charge in [0, 0.05) is 38.4 Å². The molecule has 4 rings (SSSR count). The van der Waals surface area contributed by atoms with E-state index < -0.39 is 21.9 Å². The van der Waals surface area contributed by atoms with Crippen LogP contribution in [0.1, 0.15) is 41.6 Å². The molecule has 0 spiro atoms. The number of aryl methyl sites for hydroxylation is 1. The number of nitrogens with one attached hydrogen (secondary N) is 2. The minimum absolute atomic E-state index is 0.0709. The zero-order valence-electron chi connectivity index (χ0n) is 23.2. The normalized spacial score (nSPS) is 12.0. The predicted octanol–water partition coefficient (Wildman–Crippen LogP) is 4.54. The van der Waals surface area contributed by atoms with E-state index in [0.29, 0.717) is 17.5 Å². The summed E-state index contributed by atoms with van der Waals surface area (Å²) in [6, 6.07) is 23.9. The molecule has 0 saturated heterocycles. The fraction of sp³-hybridized carbons (Fsp3) is 0.219. The first-order valence-corrected chi connectivity index (χ1v) is 15.1. The Bertz CT molecular complexity index is 1570. The highest BCUT2D eigenvalue weighted by Gasteiger charge is 2.31. The van der Waals surface area contributed by atoms with Gasteiger partial charge in [0.25, 0.3) is 0 Å². The molecule has 10 heteroatoms. The Morgan fingerprint density at radius 1 is 0.857 bits per heavy atom. The standard InChI is InChI=1S/C32H33FN4O4S/c1-2-36-42(40,41)29-15-10-24(11-16-29)12-17-30(38)37(23-26-8-13-28(33)14-9-26)31(27-6-4-3-5-7-27)32(39)35-22-25-18-20-34-21-19-25/h3-11,13-16,18-21,31,36H,2,12,17,22-23H2,1H3,(H,35,39). The zero-order chi connectivity index (χ0) is 30.0. The number of halogens is 1. The second-order valence-electron chi connectivity index (χ2n) is 9.68. The highest BCUT2D eigenvalue weighted by Crippen LogP contribution is 2.26. The molecule has 1 unspecified atom stereocenters. The molecule has 8 nitrogen and oxygen atoms in total. The van der Waals surface area contributed by atoms with Crippen LogP contribution in [0.3, 0.4) is 0 Å². The Balaban J connectivity index is 1.59. The first-order chi connectivity index (χ1) is 20.3. The summed E-state index contributed by atoms with van der Waals surface area (Å²) in [6.45, 7) is 2.32. The molecule has 0 fully saturated rings. The number of benzene rings is 3. The van der Waals surface area contributed by atoms with Crippen LogP contribution in [-0.2, 0) is 39.1 Å². The Kier molecular flexibility index (Phi) is 10.5. The third kappa shape index (κ3) is 8.31. The van der Waals surface area contributed by atoms with Crippen molar-refractivity contribution in [2.24, 2.45) is 0 Å². The molecule has 42 heavy (non-hydrogen) atoms. The average molecular weight is 589 g/mol. The van der Waals surface area contributed by atoms with E-state index in [0.717, 1.165) is 11.1 Å². The van der Waals surface area contributed by atoms with Gasteiger partial charge >= 0.3 is 0 Å². The van der Waals surface area contributed by atoms with Crippen molar-refractivity contribution in [3.05, 3.63) is 131 Å². The summed E-state index contributed by atoms with van der Waals surface area (Å²) in [6.07, 6.45) is 3.69. The number of amides is 2. The number of aromatic nitrogens is 1. The largest absolute Gasteiger partial charge is 0.350 e. The molecular weight excluding hydrogens is 555 g/mol. The molecule has 0 aliphatic carbocycles. The minimum atomic E-state index is -3.59. The lowest BCUT2D eigenvalue weighted by Crippen LogP contribution is -2.43. The Morgan fingerprint density at radius 3 is 2.14 bits per heavy atom. The summed E-state index contributed by atoms with van der Waals surface area (Å²) in [5.74, 6) is -1.03. The van der Waals surface area contributed by atoms with Crippen molar-refractivity contribution in [2.75, 3.05) is 6.54 Å². The fourth-order valence-corrected chi connectivity index (χ4v) is 5.55. The van der Waals surface area contributed by atoms with Crippen molar-refractivity contribution < 1.29 is 22.4 Å². The molecule has 1 heterocycles. The molecule has 0 aliphatic heterocycles. The van der Waals surface area contributed by atoms with Crippen LogP contribution in [0.4, 0.5) is 4.39 Å². The highest BCUT2D eigenvalue weighted by molar-refractivity contribution is 7.89. The molecule has 0 aliphatic rings. The smallest absolute Gasteiger partial charge is 0.247 e. The molecule has 1 atom stereocenters. The van der Waals surface area contributed by atoms with Crippen molar-refractivity contribution in [1.29, 1.82) is 0 Å². The number of carbonyl (C=O) groups is 2. The first-order valence-electron chi connectivity index (χ1n) is 13.6. The summed E-state index contributed by atoms with van der Waals surface area (Å²) in [5.41, 5.74) is 2.95. The molecule has 0 saturated carbocycles. The maximum absolute atomic E-state index is 13.9. The Morgan fingerprint density at radius 2 is 1.50 bits per heavy atom. The first kappa shape index (κ1) is 30.5. The lowest BCUT2D eigenvalue weighted by atomic mass is 10.0. The molecule has 3 aromatic carbocycles. The molecule has 0 radical (unpaired) electrons. The fourth-order valence-electron chi connectivity index (χ4n) is 4.51. The number of hydrogen-bond acceptors (Lipinski definition) is 5. The number of nitrogens with zero attached hydrogens (tertiary/aromatic N) is 2. The van der Waals surface area contributed by atoms with E-state index in [1.165, 1.54) is 29.2 Å². The van der Waals surface area contributed by atoms with Crippen LogP contribution in [0, 0.1) is 5.82 Å². The number of hydrogen-bond donors (Lipinski definition) is 2. The average Bonchev–Trinajstić information content (AvgIpc) is 3.01. The van der Waals surface area contributed by atoms with Crippen LogP contribution < -0.4 is 10.0 Å². The molecule has 4 aromatic rings. The van der Waals surface area contributed by atoms with Crippen molar-refractivity contribution in [2.45, 2.75) is 43.8 Å². The molecule has 0 bridgehead atoms. The molecule has 2 amide bonds. The number of carbonyl (C=O) groups excluding carboxylic acids is 2. The highest BCUT2D eigenvalue weighted by atomic mass is 32.2.